The van der Waals surface area contributed by atoms with Crippen molar-refractivity contribution in [1.29, 1.82) is 0 Å². The molecule has 0 amide bonds. The Morgan fingerprint density at radius 2 is 2.12 bits per heavy atom. The van der Waals surface area contributed by atoms with Crippen LogP contribution < -0.4 is 5.73 Å². The lowest BCUT2D eigenvalue weighted by Gasteiger charge is -2.05. The maximum Gasteiger partial charge on any atom is 0.166 e. The summed E-state index contributed by atoms with van der Waals surface area (Å²) in [5.74, 6) is 0.608. The second-order valence-corrected chi connectivity index (χ2v) is 4.82. The molecule has 0 aromatic heterocycles. The standard InChI is InChI=1S/C11H11BrCl2N2O/c12-7-1-2-8(10(17)3-4-13)9(5-7)16-11(15)6-14/h1-2,5H,3-4,6H2,(H2,15,16). The van der Waals surface area contributed by atoms with E-state index in [0.29, 0.717) is 11.3 Å². The Morgan fingerprint density at radius 1 is 1.41 bits per heavy atom. The number of carbonyl (C=O) groups excluding carboxylic acids is 1. The topological polar surface area (TPSA) is 55.4 Å². The molecule has 2 N–H and O–H groups in total. The van der Waals surface area contributed by atoms with Crippen LogP contribution >= 0.6 is 39.1 Å². The minimum atomic E-state index is -0.0615. The van der Waals surface area contributed by atoms with Gasteiger partial charge in [-0.05, 0) is 18.2 Å². The van der Waals surface area contributed by atoms with Gasteiger partial charge in [0.05, 0.1) is 11.6 Å². The summed E-state index contributed by atoms with van der Waals surface area (Å²) >= 11 is 14.4. The quantitative estimate of drug-likeness (QED) is 0.387. The summed E-state index contributed by atoms with van der Waals surface area (Å²) in [7, 11) is 0. The van der Waals surface area contributed by atoms with E-state index in [-0.39, 0.29) is 29.8 Å². The van der Waals surface area contributed by atoms with Crippen molar-refractivity contribution in [3.05, 3.63) is 28.2 Å². The molecule has 3 nitrogen and oxygen atoms in total. The van der Waals surface area contributed by atoms with E-state index in [2.05, 4.69) is 20.9 Å². The molecular formula is C11H11BrCl2N2O. The van der Waals surface area contributed by atoms with Gasteiger partial charge in [0.15, 0.2) is 5.78 Å². The number of amidine groups is 1. The van der Waals surface area contributed by atoms with Crippen LogP contribution in [0.25, 0.3) is 0 Å². The van der Waals surface area contributed by atoms with Crippen LogP contribution in [-0.2, 0) is 0 Å². The summed E-state index contributed by atoms with van der Waals surface area (Å²) in [4.78, 5) is 15.9. The summed E-state index contributed by atoms with van der Waals surface area (Å²) in [6.45, 7) is 0. The Labute approximate surface area is 118 Å². The highest BCUT2D eigenvalue weighted by molar-refractivity contribution is 9.10. The number of carbonyl (C=O) groups is 1. The lowest BCUT2D eigenvalue weighted by atomic mass is 10.1. The van der Waals surface area contributed by atoms with Crippen LogP contribution in [0.3, 0.4) is 0 Å². The van der Waals surface area contributed by atoms with Gasteiger partial charge in [-0.25, -0.2) is 4.99 Å². The predicted molar refractivity (Wildman–Crippen MR) is 75.8 cm³/mol. The van der Waals surface area contributed by atoms with Gasteiger partial charge in [-0.1, -0.05) is 15.9 Å². The molecule has 1 aromatic carbocycles. The average molecular weight is 338 g/mol. The predicted octanol–water partition coefficient (Wildman–Crippen LogP) is 3.49. The molecule has 0 aliphatic carbocycles. The number of nitrogens with zero attached hydrogens (tertiary/aromatic N) is 1. The molecule has 0 saturated carbocycles. The van der Waals surface area contributed by atoms with Crippen molar-refractivity contribution in [3.8, 4) is 0 Å². The van der Waals surface area contributed by atoms with Gasteiger partial charge in [-0.15, -0.1) is 23.2 Å². The monoisotopic (exact) mass is 336 g/mol. The maximum atomic E-state index is 11.8. The lowest BCUT2D eigenvalue weighted by molar-refractivity contribution is 0.0990. The van der Waals surface area contributed by atoms with Gasteiger partial charge in [0.2, 0.25) is 0 Å². The molecule has 0 radical (unpaired) electrons. The zero-order valence-electron chi connectivity index (χ0n) is 8.92. The van der Waals surface area contributed by atoms with Gasteiger partial charge in [-0.3, -0.25) is 4.79 Å². The molecule has 0 heterocycles. The van der Waals surface area contributed by atoms with E-state index >= 15 is 0 Å². The van der Waals surface area contributed by atoms with Crippen molar-refractivity contribution < 1.29 is 4.79 Å². The molecule has 92 valence electrons. The first kappa shape index (κ1) is 14.5. The van der Waals surface area contributed by atoms with Crippen molar-refractivity contribution in [2.24, 2.45) is 10.7 Å². The van der Waals surface area contributed by atoms with Crippen LogP contribution in [0.4, 0.5) is 5.69 Å². The number of alkyl halides is 2. The molecule has 0 unspecified atom stereocenters. The molecule has 0 atom stereocenters. The second-order valence-electron chi connectivity index (χ2n) is 3.26. The zero-order valence-corrected chi connectivity index (χ0v) is 12.0. The first-order valence-electron chi connectivity index (χ1n) is 4.86. The Morgan fingerprint density at radius 3 is 2.71 bits per heavy atom. The molecule has 0 saturated heterocycles. The van der Waals surface area contributed by atoms with Crippen LogP contribution in [0.5, 0.6) is 0 Å². The number of ketones is 1. The smallest absolute Gasteiger partial charge is 0.166 e. The van der Waals surface area contributed by atoms with E-state index in [4.69, 9.17) is 28.9 Å². The number of Topliss-reactive ketones (excluding diaryl/α,β-unsaturated/α-hetero) is 1. The Kier molecular flexibility index (Phi) is 5.95. The van der Waals surface area contributed by atoms with Crippen molar-refractivity contribution >= 4 is 56.4 Å². The van der Waals surface area contributed by atoms with Crippen LogP contribution in [0, 0.1) is 0 Å². The number of nitrogens with two attached hydrogens (primary N) is 1. The van der Waals surface area contributed by atoms with E-state index in [9.17, 15) is 4.79 Å². The third kappa shape index (κ3) is 4.30. The Hall–Kier alpha value is -0.580. The number of aliphatic imine (C=N–C) groups is 1. The number of benzene rings is 1. The minimum Gasteiger partial charge on any atom is -0.386 e. The summed E-state index contributed by atoms with van der Waals surface area (Å²) in [6.07, 6.45) is 0.270. The van der Waals surface area contributed by atoms with E-state index in [1.165, 1.54) is 0 Å². The summed E-state index contributed by atoms with van der Waals surface area (Å²) < 4.78 is 0.820. The van der Waals surface area contributed by atoms with E-state index in [1.54, 1.807) is 18.2 Å². The van der Waals surface area contributed by atoms with Crippen molar-refractivity contribution in [1.82, 2.24) is 0 Å². The molecule has 0 fully saturated rings. The third-order valence-electron chi connectivity index (χ3n) is 1.98. The van der Waals surface area contributed by atoms with Crippen molar-refractivity contribution in [2.75, 3.05) is 11.8 Å². The molecule has 0 spiro atoms. The van der Waals surface area contributed by atoms with Gasteiger partial charge in [0.1, 0.15) is 5.84 Å². The fourth-order valence-corrected chi connectivity index (χ4v) is 1.82. The molecule has 17 heavy (non-hydrogen) atoms. The molecule has 0 aliphatic heterocycles. The Balaban J connectivity index is 3.16. The minimum absolute atomic E-state index is 0.0615. The number of hydrogen-bond donors (Lipinski definition) is 1. The fourth-order valence-electron chi connectivity index (χ4n) is 1.24. The van der Waals surface area contributed by atoms with E-state index in [0.717, 1.165) is 4.47 Å². The number of hydrogen-bond acceptors (Lipinski definition) is 2. The van der Waals surface area contributed by atoms with Crippen LogP contribution in [0.1, 0.15) is 16.8 Å². The molecule has 1 aromatic rings. The first-order valence-corrected chi connectivity index (χ1v) is 6.72. The first-order chi connectivity index (χ1) is 8.08. The van der Waals surface area contributed by atoms with Crippen LogP contribution in [-0.4, -0.2) is 23.4 Å². The largest absolute Gasteiger partial charge is 0.386 e. The lowest BCUT2D eigenvalue weighted by Crippen LogP contribution is -2.13. The van der Waals surface area contributed by atoms with Gasteiger partial charge >= 0.3 is 0 Å². The maximum absolute atomic E-state index is 11.8. The van der Waals surface area contributed by atoms with Gasteiger partial charge in [0, 0.05) is 22.3 Å². The number of halogens is 3. The average Bonchev–Trinajstić information content (AvgIpc) is 2.29. The SMILES string of the molecule is NC(CCl)=Nc1cc(Br)ccc1C(=O)CCCl. The highest BCUT2D eigenvalue weighted by Gasteiger charge is 2.11. The summed E-state index contributed by atoms with van der Waals surface area (Å²) in [6, 6.07) is 5.19. The van der Waals surface area contributed by atoms with Gasteiger partial charge in [-0.2, -0.15) is 0 Å². The van der Waals surface area contributed by atoms with E-state index < -0.39 is 0 Å². The van der Waals surface area contributed by atoms with Crippen molar-refractivity contribution in [2.45, 2.75) is 6.42 Å². The van der Waals surface area contributed by atoms with Crippen LogP contribution in [0.15, 0.2) is 27.7 Å². The fraction of sp³-hybridized carbons (Fsp3) is 0.273. The zero-order chi connectivity index (χ0) is 12.8. The third-order valence-corrected chi connectivity index (χ3v) is 2.94. The second kappa shape index (κ2) is 6.99. The van der Waals surface area contributed by atoms with Crippen molar-refractivity contribution in [3.63, 3.8) is 0 Å². The molecule has 1 rings (SSSR count). The number of rotatable bonds is 5. The highest BCUT2D eigenvalue weighted by atomic mass is 79.9. The van der Waals surface area contributed by atoms with Crippen LogP contribution in [0.2, 0.25) is 0 Å². The van der Waals surface area contributed by atoms with Gasteiger partial charge < -0.3 is 5.73 Å². The highest BCUT2D eigenvalue weighted by Crippen LogP contribution is 2.25. The molecule has 6 heteroatoms. The van der Waals surface area contributed by atoms with E-state index in [1.807, 2.05) is 0 Å². The molecule has 0 bridgehead atoms. The molecule has 0 aliphatic rings. The molecular weight excluding hydrogens is 327 g/mol. The summed E-state index contributed by atoms with van der Waals surface area (Å²) in [5.41, 5.74) is 6.57. The normalized spacial score (nSPS) is 11.6. The van der Waals surface area contributed by atoms with Gasteiger partial charge in [0.25, 0.3) is 0 Å². The summed E-state index contributed by atoms with van der Waals surface area (Å²) in [5, 5.41) is 0. The Bertz CT molecular complexity index is 449.